The third-order valence-corrected chi connectivity index (χ3v) is 4.08. The van der Waals surface area contributed by atoms with Gasteiger partial charge in [-0.2, -0.15) is 13.2 Å². The molecule has 2 aliphatic rings. The maximum absolute atomic E-state index is 12.7. The average Bonchev–Trinajstić information content (AvgIpc) is 2.36. The van der Waals surface area contributed by atoms with Crippen LogP contribution in [0.3, 0.4) is 0 Å². The van der Waals surface area contributed by atoms with Crippen LogP contribution in [0, 0.1) is 5.41 Å². The van der Waals surface area contributed by atoms with Gasteiger partial charge >= 0.3 is 6.18 Å². The SMILES string of the molecule is FC(F)(F)c1cncc(N2CCCC3(CNC3)C2)c1. The second-order valence-electron chi connectivity index (χ2n) is 5.56. The summed E-state index contributed by atoms with van der Waals surface area (Å²) < 4.78 is 38.1. The first-order valence-corrected chi connectivity index (χ1v) is 6.47. The van der Waals surface area contributed by atoms with Gasteiger partial charge in [-0.3, -0.25) is 4.98 Å². The molecule has 104 valence electrons. The Kier molecular flexibility index (Phi) is 2.92. The second-order valence-corrected chi connectivity index (χ2v) is 5.56. The molecule has 2 aliphatic heterocycles. The van der Waals surface area contributed by atoms with Gasteiger partial charge in [0.25, 0.3) is 0 Å². The predicted octanol–water partition coefficient (Wildman–Crippen LogP) is 2.29. The number of aromatic nitrogens is 1. The smallest absolute Gasteiger partial charge is 0.370 e. The number of hydrogen-bond acceptors (Lipinski definition) is 3. The molecule has 3 nitrogen and oxygen atoms in total. The van der Waals surface area contributed by atoms with Crippen molar-refractivity contribution in [1.29, 1.82) is 0 Å². The van der Waals surface area contributed by atoms with Gasteiger partial charge in [-0.25, -0.2) is 0 Å². The number of pyridine rings is 1. The van der Waals surface area contributed by atoms with Crippen molar-refractivity contribution in [2.45, 2.75) is 19.0 Å². The van der Waals surface area contributed by atoms with Crippen LogP contribution in [0.2, 0.25) is 0 Å². The first kappa shape index (κ1) is 12.7. The number of hydrogen-bond donors (Lipinski definition) is 1. The molecule has 0 radical (unpaired) electrons. The number of alkyl halides is 3. The lowest BCUT2D eigenvalue weighted by molar-refractivity contribution is -0.137. The van der Waals surface area contributed by atoms with Gasteiger partial charge in [0.15, 0.2) is 0 Å². The highest BCUT2D eigenvalue weighted by Crippen LogP contribution is 2.37. The summed E-state index contributed by atoms with van der Waals surface area (Å²) in [4.78, 5) is 5.77. The maximum atomic E-state index is 12.7. The van der Waals surface area contributed by atoms with E-state index < -0.39 is 11.7 Å². The molecule has 1 N–H and O–H groups in total. The molecule has 0 aromatic carbocycles. The summed E-state index contributed by atoms with van der Waals surface area (Å²) in [6, 6.07) is 1.21. The van der Waals surface area contributed by atoms with Crippen LogP contribution < -0.4 is 10.2 Å². The summed E-state index contributed by atoms with van der Waals surface area (Å²) in [5.74, 6) is 0. The van der Waals surface area contributed by atoms with E-state index in [0.717, 1.165) is 45.2 Å². The fourth-order valence-corrected chi connectivity index (χ4v) is 2.95. The Morgan fingerprint density at radius 1 is 1.26 bits per heavy atom. The molecule has 3 heterocycles. The van der Waals surface area contributed by atoms with Gasteiger partial charge in [0.05, 0.1) is 17.4 Å². The fourth-order valence-electron chi connectivity index (χ4n) is 2.95. The normalized spacial score (nSPS) is 22.4. The number of nitrogens with one attached hydrogen (secondary N) is 1. The summed E-state index contributed by atoms with van der Waals surface area (Å²) >= 11 is 0. The predicted molar refractivity (Wildman–Crippen MR) is 66.0 cm³/mol. The summed E-state index contributed by atoms with van der Waals surface area (Å²) in [6.07, 6.45) is 0.268. The number of anilines is 1. The minimum Gasteiger partial charge on any atom is -0.370 e. The van der Waals surface area contributed by atoms with Gasteiger partial charge < -0.3 is 10.2 Å². The zero-order chi connectivity index (χ0) is 13.5. The van der Waals surface area contributed by atoms with Crippen LogP contribution in [0.15, 0.2) is 18.5 Å². The van der Waals surface area contributed by atoms with Crippen molar-refractivity contribution in [3.05, 3.63) is 24.0 Å². The molecule has 0 saturated carbocycles. The first-order chi connectivity index (χ1) is 8.99. The lowest BCUT2D eigenvalue weighted by Gasteiger charge is -2.49. The van der Waals surface area contributed by atoms with E-state index in [0.29, 0.717) is 5.69 Å². The summed E-state index contributed by atoms with van der Waals surface area (Å²) in [6.45, 7) is 3.57. The molecule has 0 bridgehead atoms. The van der Waals surface area contributed by atoms with E-state index in [1.54, 1.807) is 0 Å². The highest BCUT2D eigenvalue weighted by Gasteiger charge is 2.41. The van der Waals surface area contributed by atoms with Crippen molar-refractivity contribution < 1.29 is 13.2 Å². The van der Waals surface area contributed by atoms with Crippen molar-refractivity contribution in [3.8, 4) is 0 Å². The molecule has 1 aromatic heterocycles. The Morgan fingerprint density at radius 2 is 2.05 bits per heavy atom. The molecule has 19 heavy (non-hydrogen) atoms. The summed E-state index contributed by atoms with van der Waals surface area (Å²) in [5, 5.41) is 3.26. The van der Waals surface area contributed by atoms with Gasteiger partial charge in [-0.15, -0.1) is 0 Å². The first-order valence-electron chi connectivity index (χ1n) is 6.47. The number of nitrogens with zero attached hydrogens (tertiary/aromatic N) is 2. The number of rotatable bonds is 1. The van der Waals surface area contributed by atoms with E-state index in [1.165, 1.54) is 12.3 Å². The van der Waals surface area contributed by atoms with E-state index in [9.17, 15) is 13.2 Å². The number of piperidine rings is 1. The third-order valence-electron chi connectivity index (χ3n) is 4.08. The molecule has 1 spiro atoms. The highest BCUT2D eigenvalue weighted by atomic mass is 19.4. The molecule has 2 fully saturated rings. The number of halogens is 3. The minimum absolute atomic E-state index is 0.256. The van der Waals surface area contributed by atoms with E-state index in [4.69, 9.17) is 0 Å². The Morgan fingerprint density at radius 3 is 2.68 bits per heavy atom. The van der Waals surface area contributed by atoms with Gasteiger partial charge in [-0.05, 0) is 18.9 Å². The average molecular weight is 271 g/mol. The molecule has 6 heteroatoms. The van der Waals surface area contributed by atoms with Crippen LogP contribution in [0.1, 0.15) is 18.4 Å². The van der Waals surface area contributed by atoms with Crippen LogP contribution >= 0.6 is 0 Å². The van der Waals surface area contributed by atoms with Crippen LogP contribution in [-0.2, 0) is 6.18 Å². The van der Waals surface area contributed by atoms with Crippen LogP contribution in [0.4, 0.5) is 18.9 Å². The van der Waals surface area contributed by atoms with Crippen LogP contribution in [0.5, 0.6) is 0 Å². The van der Waals surface area contributed by atoms with E-state index >= 15 is 0 Å². The zero-order valence-corrected chi connectivity index (χ0v) is 10.5. The lowest BCUT2D eigenvalue weighted by atomic mass is 9.75. The van der Waals surface area contributed by atoms with Gasteiger partial charge in [0, 0.05) is 37.8 Å². The summed E-state index contributed by atoms with van der Waals surface area (Å²) in [7, 11) is 0. The molecule has 2 saturated heterocycles. The molecule has 3 rings (SSSR count). The standard InChI is InChI=1S/C13H16F3N3/c14-13(15,16)10-4-11(6-17-5-10)19-3-1-2-12(9-19)7-18-8-12/h4-6,18H,1-3,7-9H2. The van der Waals surface area contributed by atoms with Crippen molar-refractivity contribution in [1.82, 2.24) is 10.3 Å². The van der Waals surface area contributed by atoms with E-state index in [1.807, 2.05) is 4.90 Å². The van der Waals surface area contributed by atoms with Crippen molar-refractivity contribution in [3.63, 3.8) is 0 Å². The van der Waals surface area contributed by atoms with E-state index in [2.05, 4.69) is 10.3 Å². The topological polar surface area (TPSA) is 28.2 Å². The van der Waals surface area contributed by atoms with Crippen molar-refractivity contribution >= 4 is 5.69 Å². The fraction of sp³-hybridized carbons (Fsp3) is 0.615. The monoisotopic (exact) mass is 271 g/mol. The Labute approximate surface area is 109 Å². The molecular weight excluding hydrogens is 255 g/mol. The Balaban J connectivity index is 1.82. The largest absolute Gasteiger partial charge is 0.417 e. The summed E-state index contributed by atoms with van der Waals surface area (Å²) in [5.41, 5.74) is 0.170. The second kappa shape index (κ2) is 4.37. The molecule has 0 unspecified atom stereocenters. The Bertz CT molecular complexity index is 468. The minimum atomic E-state index is -4.32. The van der Waals surface area contributed by atoms with Gasteiger partial charge in [-0.1, -0.05) is 0 Å². The maximum Gasteiger partial charge on any atom is 0.417 e. The molecule has 0 amide bonds. The van der Waals surface area contributed by atoms with Gasteiger partial charge in [0.1, 0.15) is 0 Å². The third kappa shape index (κ3) is 2.41. The van der Waals surface area contributed by atoms with Crippen LogP contribution in [0.25, 0.3) is 0 Å². The molecule has 0 atom stereocenters. The van der Waals surface area contributed by atoms with Crippen molar-refractivity contribution in [2.75, 3.05) is 31.1 Å². The molecular formula is C13H16F3N3. The van der Waals surface area contributed by atoms with Crippen LogP contribution in [-0.4, -0.2) is 31.2 Å². The lowest BCUT2D eigenvalue weighted by Crippen LogP contribution is -2.61. The zero-order valence-electron chi connectivity index (χ0n) is 10.5. The quantitative estimate of drug-likeness (QED) is 0.849. The molecule has 1 aromatic rings. The van der Waals surface area contributed by atoms with Gasteiger partial charge in [0.2, 0.25) is 0 Å². The molecule has 0 aliphatic carbocycles. The van der Waals surface area contributed by atoms with E-state index in [-0.39, 0.29) is 5.41 Å². The van der Waals surface area contributed by atoms with Crippen molar-refractivity contribution in [2.24, 2.45) is 5.41 Å². The highest BCUT2D eigenvalue weighted by molar-refractivity contribution is 5.47. The Hall–Kier alpha value is -1.30.